The number of hydrogen-bond donors (Lipinski definition) is 1. The molecular weight excluding hydrogens is 246 g/mol. The summed E-state index contributed by atoms with van der Waals surface area (Å²) < 4.78 is 5.89. The van der Waals surface area contributed by atoms with E-state index >= 15 is 0 Å². The van der Waals surface area contributed by atoms with Crippen molar-refractivity contribution in [1.82, 2.24) is 5.32 Å². The SMILES string of the molecule is CC(C)=CC(=O)NCc1ccc(Br)o1. The first-order valence-electron chi connectivity index (χ1n) is 4.25. The molecule has 0 aliphatic heterocycles. The first kappa shape index (κ1) is 11.0. The van der Waals surface area contributed by atoms with Gasteiger partial charge in [0.2, 0.25) is 5.91 Å². The predicted octanol–water partition coefficient (Wildman–Crippen LogP) is 2.62. The van der Waals surface area contributed by atoms with Crippen molar-refractivity contribution in [3.05, 3.63) is 34.2 Å². The average Bonchev–Trinajstić information content (AvgIpc) is 2.47. The van der Waals surface area contributed by atoms with E-state index in [4.69, 9.17) is 4.42 Å². The molecule has 0 fully saturated rings. The molecule has 4 heteroatoms. The number of carbonyl (C=O) groups is 1. The summed E-state index contributed by atoms with van der Waals surface area (Å²) in [6.45, 7) is 4.17. The first-order valence-corrected chi connectivity index (χ1v) is 5.04. The van der Waals surface area contributed by atoms with Gasteiger partial charge in [-0.25, -0.2) is 0 Å². The Morgan fingerprint density at radius 2 is 2.29 bits per heavy atom. The Bertz CT molecular complexity index is 351. The van der Waals surface area contributed by atoms with Crippen molar-refractivity contribution in [1.29, 1.82) is 0 Å². The van der Waals surface area contributed by atoms with Gasteiger partial charge in [-0.3, -0.25) is 4.79 Å². The van der Waals surface area contributed by atoms with Crippen LogP contribution in [0.1, 0.15) is 19.6 Å². The van der Waals surface area contributed by atoms with Gasteiger partial charge in [0.25, 0.3) is 0 Å². The lowest BCUT2D eigenvalue weighted by Crippen LogP contribution is -2.20. The summed E-state index contributed by atoms with van der Waals surface area (Å²) in [5.74, 6) is 0.630. The summed E-state index contributed by atoms with van der Waals surface area (Å²) in [5, 5.41) is 2.71. The Balaban J connectivity index is 2.41. The molecule has 1 aromatic heterocycles. The Labute approximate surface area is 91.3 Å². The molecule has 1 heterocycles. The lowest BCUT2D eigenvalue weighted by molar-refractivity contribution is -0.116. The Morgan fingerprint density at radius 3 is 2.79 bits per heavy atom. The van der Waals surface area contributed by atoms with Gasteiger partial charge in [-0.05, 0) is 41.9 Å². The molecule has 0 aliphatic rings. The molecule has 1 rings (SSSR count). The molecule has 0 bridgehead atoms. The Kier molecular flexibility index (Phi) is 3.95. The number of furan rings is 1. The second-order valence-corrected chi connectivity index (χ2v) is 3.93. The van der Waals surface area contributed by atoms with Crippen LogP contribution in [0.25, 0.3) is 0 Å². The second kappa shape index (κ2) is 5.00. The topological polar surface area (TPSA) is 42.2 Å². The number of allylic oxidation sites excluding steroid dienone is 1. The zero-order valence-corrected chi connectivity index (χ0v) is 9.72. The largest absolute Gasteiger partial charge is 0.452 e. The van der Waals surface area contributed by atoms with Gasteiger partial charge < -0.3 is 9.73 Å². The predicted molar refractivity (Wildman–Crippen MR) is 57.7 cm³/mol. The molecule has 1 N–H and O–H groups in total. The number of hydrogen-bond acceptors (Lipinski definition) is 2. The number of halogens is 1. The smallest absolute Gasteiger partial charge is 0.244 e. The first-order chi connectivity index (χ1) is 6.58. The van der Waals surface area contributed by atoms with Crippen LogP contribution in [-0.2, 0) is 11.3 Å². The third kappa shape index (κ3) is 3.79. The maximum Gasteiger partial charge on any atom is 0.244 e. The minimum absolute atomic E-state index is 0.0995. The fourth-order valence-electron chi connectivity index (χ4n) is 0.934. The third-order valence-corrected chi connectivity index (χ3v) is 1.91. The van der Waals surface area contributed by atoms with Crippen molar-refractivity contribution in [3.63, 3.8) is 0 Å². The van der Waals surface area contributed by atoms with Gasteiger partial charge in [-0.2, -0.15) is 0 Å². The summed E-state index contributed by atoms with van der Waals surface area (Å²) in [4.78, 5) is 11.2. The van der Waals surface area contributed by atoms with Crippen LogP contribution in [-0.4, -0.2) is 5.91 Å². The molecule has 14 heavy (non-hydrogen) atoms. The van der Waals surface area contributed by atoms with Crippen LogP contribution in [0.2, 0.25) is 0 Å². The standard InChI is InChI=1S/C10H12BrNO2/c1-7(2)5-10(13)12-6-8-3-4-9(11)14-8/h3-5H,6H2,1-2H3,(H,12,13). The highest BCUT2D eigenvalue weighted by Crippen LogP contribution is 2.13. The fraction of sp³-hybridized carbons (Fsp3) is 0.300. The molecule has 1 amide bonds. The van der Waals surface area contributed by atoms with Gasteiger partial charge in [0.1, 0.15) is 5.76 Å². The molecule has 0 spiro atoms. The van der Waals surface area contributed by atoms with Crippen molar-refractivity contribution in [2.45, 2.75) is 20.4 Å². The van der Waals surface area contributed by atoms with Crippen molar-refractivity contribution < 1.29 is 9.21 Å². The monoisotopic (exact) mass is 257 g/mol. The zero-order valence-electron chi connectivity index (χ0n) is 8.13. The Morgan fingerprint density at radius 1 is 1.57 bits per heavy atom. The van der Waals surface area contributed by atoms with Crippen LogP contribution in [0.15, 0.2) is 32.9 Å². The van der Waals surface area contributed by atoms with E-state index in [0.29, 0.717) is 11.2 Å². The van der Waals surface area contributed by atoms with Gasteiger partial charge in [-0.15, -0.1) is 0 Å². The quantitative estimate of drug-likeness (QED) is 0.847. The summed E-state index contributed by atoms with van der Waals surface area (Å²) in [5.41, 5.74) is 0.975. The molecule has 0 radical (unpaired) electrons. The van der Waals surface area contributed by atoms with Crippen LogP contribution < -0.4 is 5.32 Å². The van der Waals surface area contributed by atoms with Crippen molar-refractivity contribution >= 4 is 21.8 Å². The highest BCUT2D eigenvalue weighted by Gasteiger charge is 2.00. The number of rotatable bonds is 3. The summed E-state index contributed by atoms with van der Waals surface area (Å²) >= 11 is 3.19. The van der Waals surface area contributed by atoms with Crippen LogP contribution in [0.4, 0.5) is 0 Å². The molecular formula is C10H12BrNO2. The van der Waals surface area contributed by atoms with Crippen molar-refractivity contribution in [3.8, 4) is 0 Å². The molecule has 0 aromatic carbocycles. The molecule has 0 atom stereocenters. The minimum Gasteiger partial charge on any atom is -0.452 e. The summed E-state index contributed by atoms with van der Waals surface area (Å²) in [7, 11) is 0. The van der Waals surface area contributed by atoms with E-state index in [1.54, 1.807) is 12.1 Å². The second-order valence-electron chi connectivity index (χ2n) is 3.15. The van der Waals surface area contributed by atoms with Crippen LogP contribution in [0.5, 0.6) is 0 Å². The highest BCUT2D eigenvalue weighted by molar-refractivity contribution is 9.10. The van der Waals surface area contributed by atoms with E-state index in [0.717, 1.165) is 11.3 Å². The summed E-state index contributed by atoms with van der Waals surface area (Å²) in [6.07, 6.45) is 1.55. The van der Waals surface area contributed by atoms with E-state index in [1.807, 2.05) is 19.9 Å². The van der Waals surface area contributed by atoms with Crippen LogP contribution >= 0.6 is 15.9 Å². The molecule has 76 valence electrons. The molecule has 0 unspecified atom stereocenters. The number of amides is 1. The maximum atomic E-state index is 11.2. The highest BCUT2D eigenvalue weighted by atomic mass is 79.9. The van der Waals surface area contributed by atoms with E-state index in [9.17, 15) is 4.79 Å². The molecule has 1 aromatic rings. The normalized spacial score (nSPS) is 9.64. The number of carbonyl (C=O) groups excluding carboxylic acids is 1. The van der Waals surface area contributed by atoms with E-state index < -0.39 is 0 Å². The summed E-state index contributed by atoms with van der Waals surface area (Å²) in [6, 6.07) is 3.61. The van der Waals surface area contributed by atoms with Crippen molar-refractivity contribution in [2.24, 2.45) is 0 Å². The number of nitrogens with one attached hydrogen (secondary N) is 1. The van der Waals surface area contributed by atoms with Gasteiger partial charge in [0.05, 0.1) is 6.54 Å². The van der Waals surface area contributed by atoms with E-state index in [2.05, 4.69) is 21.2 Å². The van der Waals surface area contributed by atoms with E-state index in [-0.39, 0.29) is 5.91 Å². The van der Waals surface area contributed by atoms with Gasteiger partial charge >= 0.3 is 0 Å². The molecule has 3 nitrogen and oxygen atoms in total. The third-order valence-electron chi connectivity index (χ3n) is 1.49. The van der Waals surface area contributed by atoms with Crippen molar-refractivity contribution in [2.75, 3.05) is 0 Å². The lowest BCUT2D eigenvalue weighted by atomic mass is 10.3. The average molecular weight is 258 g/mol. The minimum atomic E-state index is -0.0995. The Hall–Kier alpha value is -1.03. The lowest BCUT2D eigenvalue weighted by Gasteiger charge is -1.98. The van der Waals surface area contributed by atoms with E-state index in [1.165, 1.54) is 0 Å². The zero-order chi connectivity index (χ0) is 10.6. The molecule has 0 aliphatic carbocycles. The fourth-order valence-corrected chi connectivity index (χ4v) is 1.27. The van der Waals surface area contributed by atoms with Crippen LogP contribution in [0.3, 0.4) is 0 Å². The van der Waals surface area contributed by atoms with Gasteiger partial charge in [0, 0.05) is 6.08 Å². The van der Waals surface area contributed by atoms with Gasteiger partial charge in [0.15, 0.2) is 4.67 Å². The molecule has 0 saturated heterocycles. The van der Waals surface area contributed by atoms with Gasteiger partial charge in [-0.1, -0.05) is 5.57 Å². The maximum absolute atomic E-state index is 11.2. The van der Waals surface area contributed by atoms with Crippen LogP contribution in [0, 0.1) is 0 Å². The molecule has 0 saturated carbocycles.